The van der Waals surface area contributed by atoms with Gasteiger partial charge in [0.05, 0.1) is 18.8 Å². The molecule has 1 aliphatic carbocycles. The lowest BCUT2D eigenvalue weighted by Crippen LogP contribution is -2.38. The number of carbonyl (C=O) groups is 1. The fourth-order valence-corrected chi connectivity index (χ4v) is 2.64. The van der Waals surface area contributed by atoms with Crippen LogP contribution >= 0.6 is 0 Å². The second-order valence-electron chi connectivity index (χ2n) is 5.27. The number of nitrogens with zero attached hydrogens (tertiary/aromatic N) is 1. The van der Waals surface area contributed by atoms with Gasteiger partial charge in [-0.15, -0.1) is 0 Å². The van der Waals surface area contributed by atoms with Crippen molar-refractivity contribution in [3.63, 3.8) is 0 Å². The summed E-state index contributed by atoms with van der Waals surface area (Å²) in [4.78, 5) is 11.0. The lowest BCUT2D eigenvalue weighted by atomic mass is 9.93. The zero-order valence-electron chi connectivity index (χ0n) is 12.4. The maximum Gasteiger partial charge on any atom is 0.217 e. The average Bonchev–Trinajstić information content (AvgIpc) is 2.48. The van der Waals surface area contributed by atoms with Gasteiger partial charge in [-0.1, -0.05) is 0 Å². The van der Waals surface area contributed by atoms with Crippen LogP contribution in [0, 0.1) is 11.3 Å². The lowest BCUT2D eigenvalue weighted by molar-refractivity contribution is -0.120. The molecule has 5 heteroatoms. The lowest BCUT2D eigenvalue weighted by Gasteiger charge is -2.29. The number of hydrogen-bond acceptors (Lipinski definition) is 4. The predicted molar refractivity (Wildman–Crippen MR) is 78.2 cm³/mol. The third kappa shape index (κ3) is 4.12. The average molecular weight is 288 g/mol. The molecule has 2 rings (SSSR count). The van der Waals surface area contributed by atoms with Crippen LogP contribution in [0.4, 0.5) is 0 Å². The van der Waals surface area contributed by atoms with Crippen LogP contribution < -0.4 is 14.8 Å². The number of nitrogens with one attached hydrogen (secondary N) is 1. The monoisotopic (exact) mass is 288 g/mol. The number of methoxy groups -OCH3 is 1. The fourth-order valence-electron chi connectivity index (χ4n) is 2.64. The predicted octanol–water partition coefficient (Wildman–Crippen LogP) is 2.39. The first-order valence-electron chi connectivity index (χ1n) is 7.14. The van der Waals surface area contributed by atoms with Crippen molar-refractivity contribution in [3.05, 3.63) is 23.8 Å². The molecule has 1 aromatic rings. The summed E-state index contributed by atoms with van der Waals surface area (Å²) in [6, 6.07) is 7.59. The molecule has 0 heterocycles. The Hall–Kier alpha value is -2.22. The minimum Gasteiger partial charge on any atom is -0.495 e. The van der Waals surface area contributed by atoms with E-state index in [1.54, 1.807) is 32.2 Å². The van der Waals surface area contributed by atoms with Gasteiger partial charge in [0, 0.05) is 19.0 Å². The molecule has 1 amide bonds. The Balaban J connectivity index is 1.92. The van der Waals surface area contributed by atoms with Gasteiger partial charge in [-0.05, 0) is 37.8 Å². The zero-order chi connectivity index (χ0) is 15.2. The molecule has 1 N–H and O–H groups in total. The van der Waals surface area contributed by atoms with Crippen molar-refractivity contribution in [2.75, 3.05) is 7.11 Å². The van der Waals surface area contributed by atoms with E-state index in [1.165, 1.54) is 0 Å². The molecule has 0 bridgehead atoms. The third-order valence-electron chi connectivity index (χ3n) is 3.68. The molecule has 0 aliphatic heterocycles. The van der Waals surface area contributed by atoms with Gasteiger partial charge in [0.25, 0.3) is 0 Å². The maximum atomic E-state index is 11.0. The Morgan fingerprint density at radius 2 is 2.05 bits per heavy atom. The van der Waals surface area contributed by atoms with Crippen LogP contribution in [0.5, 0.6) is 11.5 Å². The molecule has 0 spiro atoms. The summed E-state index contributed by atoms with van der Waals surface area (Å²) >= 11 is 0. The molecule has 112 valence electrons. The number of carbonyl (C=O) groups excluding carboxylic acids is 1. The Labute approximate surface area is 124 Å². The number of hydrogen-bond donors (Lipinski definition) is 1. The van der Waals surface area contributed by atoms with E-state index < -0.39 is 0 Å². The van der Waals surface area contributed by atoms with Crippen molar-refractivity contribution in [2.24, 2.45) is 0 Å². The van der Waals surface area contributed by atoms with Crippen molar-refractivity contribution in [2.45, 2.75) is 44.8 Å². The Morgan fingerprint density at radius 1 is 1.33 bits per heavy atom. The Morgan fingerprint density at radius 3 is 2.62 bits per heavy atom. The molecule has 1 fully saturated rings. The van der Waals surface area contributed by atoms with Crippen LogP contribution in [0.3, 0.4) is 0 Å². The van der Waals surface area contributed by atoms with Gasteiger partial charge in [-0.3, -0.25) is 4.79 Å². The number of amides is 1. The number of nitriles is 1. The summed E-state index contributed by atoms with van der Waals surface area (Å²) < 4.78 is 11.1. The number of rotatable bonds is 4. The van der Waals surface area contributed by atoms with E-state index in [9.17, 15) is 4.79 Å². The van der Waals surface area contributed by atoms with Gasteiger partial charge in [-0.2, -0.15) is 5.26 Å². The molecular formula is C16H20N2O3. The number of benzene rings is 1. The summed E-state index contributed by atoms with van der Waals surface area (Å²) in [5, 5.41) is 11.9. The van der Waals surface area contributed by atoms with Gasteiger partial charge in [0.2, 0.25) is 5.91 Å². The summed E-state index contributed by atoms with van der Waals surface area (Å²) in [5.41, 5.74) is 0.499. The van der Waals surface area contributed by atoms with Gasteiger partial charge >= 0.3 is 0 Å². The molecule has 1 aliphatic rings. The summed E-state index contributed by atoms with van der Waals surface area (Å²) in [6.07, 6.45) is 3.82. The highest BCUT2D eigenvalue weighted by molar-refractivity contribution is 5.73. The highest BCUT2D eigenvalue weighted by atomic mass is 16.5. The van der Waals surface area contributed by atoms with Gasteiger partial charge in [0.1, 0.15) is 17.6 Å². The van der Waals surface area contributed by atoms with E-state index in [0.29, 0.717) is 17.1 Å². The van der Waals surface area contributed by atoms with E-state index in [2.05, 4.69) is 11.4 Å². The highest BCUT2D eigenvalue weighted by Crippen LogP contribution is 2.28. The van der Waals surface area contributed by atoms with E-state index in [4.69, 9.17) is 14.7 Å². The first kappa shape index (κ1) is 15.2. The van der Waals surface area contributed by atoms with Crippen molar-refractivity contribution in [1.82, 2.24) is 5.32 Å². The molecule has 5 nitrogen and oxygen atoms in total. The highest BCUT2D eigenvalue weighted by Gasteiger charge is 2.23. The minimum absolute atomic E-state index is 0.0243. The Bertz CT molecular complexity index is 543. The molecule has 1 saturated carbocycles. The van der Waals surface area contributed by atoms with Crippen molar-refractivity contribution < 1.29 is 14.3 Å². The summed E-state index contributed by atoms with van der Waals surface area (Å²) in [6.45, 7) is 1.55. The van der Waals surface area contributed by atoms with E-state index in [0.717, 1.165) is 25.7 Å². The van der Waals surface area contributed by atoms with Crippen molar-refractivity contribution in [3.8, 4) is 17.6 Å². The maximum absolute atomic E-state index is 11.0. The first-order valence-corrected chi connectivity index (χ1v) is 7.14. The standard InChI is InChI=1S/C16H20N2O3/c1-11(19)18-13-4-7-14(8-5-13)21-15-6-3-12(10-17)16(9-15)20-2/h3,6,9,13-14H,4-5,7-8H2,1-2H3,(H,18,19). The molecule has 1 aromatic carbocycles. The second kappa shape index (κ2) is 6.98. The molecule has 0 radical (unpaired) electrons. The fraction of sp³-hybridized carbons (Fsp3) is 0.500. The SMILES string of the molecule is COc1cc(OC2CCC(NC(C)=O)CC2)ccc1C#N. The van der Waals surface area contributed by atoms with Crippen LogP contribution in [-0.4, -0.2) is 25.2 Å². The van der Waals surface area contributed by atoms with E-state index >= 15 is 0 Å². The van der Waals surface area contributed by atoms with Crippen LogP contribution in [0.1, 0.15) is 38.2 Å². The minimum atomic E-state index is 0.0243. The van der Waals surface area contributed by atoms with Crippen molar-refractivity contribution in [1.29, 1.82) is 5.26 Å². The van der Waals surface area contributed by atoms with E-state index in [-0.39, 0.29) is 18.1 Å². The summed E-state index contributed by atoms with van der Waals surface area (Å²) in [7, 11) is 1.54. The van der Waals surface area contributed by atoms with Crippen LogP contribution in [0.15, 0.2) is 18.2 Å². The summed E-state index contributed by atoms with van der Waals surface area (Å²) in [5.74, 6) is 1.27. The quantitative estimate of drug-likeness (QED) is 0.923. The van der Waals surface area contributed by atoms with Crippen LogP contribution in [-0.2, 0) is 4.79 Å². The Kier molecular flexibility index (Phi) is 5.04. The molecule has 0 saturated heterocycles. The number of ether oxygens (including phenoxy) is 2. The zero-order valence-corrected chi connectivity index (χ0v) is 12.4. The van der Waals surface area contributed by atoms with Gasteiger partial charge in [-0.25, -0.2) is 0 Å². The van der Waals surface area contributed by atoms with Gasteiger partial charge in [0.15, 0.2) is 0 Å². The molecule has 0 unspecified atom stereocenters. The van der Waals surface area contributed by atoms with Crippen LogP contribution in [0.25, 0.3) is 0 Å². The molecule has 0 atom stereocenters. The van der Waals surface area contributed by atoms with E-state index in [1.807, 2.05) is 0 Å². The topological polar surface area (TPSA) is 71.3 Å². The smallest absolute Gasteiger partial charge is 0.217 e. The second-order valence-corrected chi connectivity index (χ2v) is 5.27. The largest absolute Gasteiger partial charge is 0.495 e. The molecule has 21 heavy (non-hydrogen) atoms. The normalized spacial score (nSPS) is 21.2. The van der Waals surface area contributed by atoms with Gasteiger partial charge < -0.3 is 14.8 Å². The third-order valence-corrected chi connectivity index (χ3v) is 3.68. The van der Waals surface area contributed by atoms with Crippen molar-refractivity contribution >= 4 is 5.91 Å². The molecular weight excluding hydrogens is 268 g/mol. The molecule has 0 aromatic heterocycles. The van der Waals surface area contributed by atoms with Crippen LogP contribution in [0.2, 0.25) is 0 Å². The first-order chi connectivity index (χ1) is 10.1.